The van der Waals surface area contributed by atoms with Crippen molar-refractivity contribution in [3.63, 3.8) is 0 Å². The van der Waals surface area contributed by atoms with E-state index in [1.807, 2.05) is 47.0 Å². The number of quaternary nitrogens is 1. The molecule has 10 nitrogen and oxygen atoms in total. The van der Waals surface area contributed by atoms with E-state index in [4.69, 9.17) is 30.9 Å². The van der Waals surface area contributed by atoms with Crippen LogP contribution >= 0.6 is 0 Å². The molecular formula is C32H39N5O5. The Kier molecular flexibility index (Phi) is 11.6. The first kappa shape index (κ1) is 33.2. The molecule has 0 aliphatic heterocycles. The van der Waals surface area contributed by atoms with Gasteiger partial charge in [0, 0.05) is 42.4 Å². The standard InChI is InChI=1S/C28H31N5O.2C2H4O2/c1-19-7-5-10-25-24(19)16-26(32(25)18-21-8-6-9-22(15-21)27(29)30)28(34)31-17-20-11-13-23(14-12-20)33(2,3)4;2*1-2(3)4/h5-16H,17-18H2,1-4H3,(H3-,29,30,31,34);2*1H3,(H,3,4). The molecule has 0 saturated carbocycles. The molecule has 0 atom stereocenters. The Morgan fingerprint density at radius 3 is 2.07 bits per heavy atom. The van der Waals surface area contributed by atoms with Gasteiger partial charge in [0.1, 0.15) is 17.2 Å². The number of carboxylic acids is 2. The zero-order valence-corrected chi connectivity index (χ0v) is 24.9. The van der Waals surface area contributed by atoms with E-state index in [1.165, 1.54) is 5.69 Å². The second-order valence-electron chi connectivity index (χ2n) is 10.6. The van der Waals surface area contributed by atoms with Crippen molar-refractivity contribution in [1.29, 1.82) is 5.41 Å². The Morgan fingerprint density at radius 1 is 0.952 bits per heavy atom. The molecule has 1 amide bonds. The predicted octanol–water partition coefficient (Wildman–Crippen LogP) is 3.26. The Hall–Kier alpha value is -4.96. The van der Waals surface area contributed by atoms with Gasteiger partial charge >= 0.3 is 0 Å². The van der Waals surface area contributed by atoms with Crippen LogP contribution in [0.2, 0.25) is 0 Å². The van der Waals surface area contributed by atoms with Gasteiger partial charge in [0.15, 0.2) is 0 Å². The van der Waals surface area contributed by atoms with Crippen molar-refractivity contribution in [3.8, 4) is 0 Å². The molecule has 42 heavy (non-hydrogen) atoms. The van der Waals surface area contributed by atoms with E-state index < -0.39 is 11.9 Å². The summed E-state index contributed by atoms with van der Waals surface area (Å²) >= 11 is 0. The summed E-state index contributed by atoms with van der Waals surface area (Å²) in [6, 6.07) is 24.0. The van der Waals surface area contributed by atoms with Gasteiger partial charge in [-0.2, -0.15) is 0 Å². The van der Waals surface area contributed by atoms with E-state index in [9.17, 15) is 4.79 Å². The summed E-state index contributed by atoms with van der Waals surface area (Å²) < 4.78 is 2.79. The zero-order valence-electron chi connectivity index (χ0n) is 24.9. The van der Waals surface area contributed by atoms with E-state index in [1.54, 1.807) is 0 Å². The lowest BCUT2D eigenvalue weighted by Gasteiger charge is -2.23. The van der Waals surface area contributed by atoms with Gasteiger partial charge in [-0.25, -0.2) is 0 Å². The second-order valence-corrected chi connectivity index (χ2v) is 10.6. The normalized spacial score (nSPS) is 10.5. The van der Waals surface area contributed by atoms with Crippen LogP contribution in [0, 0.1) is 12.3 Å². The highest BCUT2D eigenvalue weighted by Crippen LogP contribution is 2.25. The molecule has 10 heteroatoms. The topological polar surface area (TPSA) is 161 Å². The highest BCUT2D eigenvalue weighted by molar-refractivity contribution is 5.99. The third-order valence-electron chi connectivity index (χ3n) is 6.14. The maximum atomic E-state index is 13.3. The number of aromatic nitrogens is 1. The molecule has 0 bridgehead atoms. The van der Waals surface area contributed by atoms with Crippen molar-refractivity contribution < 1.29 is 24.6 Å². The Bertz CT molecular complexity index is 1550. The molecule has 0 radical (unpaired) electrons. The number of carbonyl (C=O) groups excluding carboxylic acids is 2. The van der Waals surface area contributed by atoms with Crippen molar-refractivity contribution in [2.45, 2.75) is 33.9 Å². The lowest BCUT2D eigenvalue weighted by molar-refractivity contribution is -0.302. The number of aliphatic carboxylic acids is 2. The van der Waals surface area contributed by atoms with Crippen LogP contribution in [-0.2, 0) is 22.7 Å². The fourth-order valence-corrected chi connectivity index (χ4v) is 4.14. The number of nitrogen functional groups attached to an aromatic ring is 1. The highest BCUT2D eigenvalue weighted by Gasteiger charge is 2.18. The smallest absolute Gasteiger partial charge is 0.300 e. The molecule has 1 aromatic heterocycles. The summed E-state index contributed by atoms with van der Waals surface area (Å²) in [4.78, 5) is 31.2. The zero-order chi connectivity index (χ0) is 31.6. The molecule has 0 spiro atoms. The van der Waals surface area contributed by atoms with Crippen LogP contribution in [0.25, 0.3) is 10.9 Å². The number of rotatable bonds is 7. The summed E-state index contributed by atoms with van der Waals surface area (Å²) in [5, 5.41) is 28.2. The molecule has 5 N–H and O–H groups in total. The van der Waals surface area contributed by atoms with Gasteiger partial charge in [0.25, 0.3) is 11.9 Å². The number of carbonyl (C=O) groups is 3. The molecule has 4 rings (SSSR count). The number of nitrogens with one attached hydrogen (secondary N) is 2. The van der Waals surface area contributed by atoms with Crippen molar-refractivity contribution in [3.05, 3.63) is 101 Å². The van der Waals surface area contributed by atoms with Crippen LogP contribution in [0.5, 0.6) is 0 Å². The molecule has 0 saturated heterocycles. The summed E-state index contributed by atoms with van der Waals surface area (Å²) in [6.45, 7) is 5.08. The number of amidine groups is 1. The second kappa shape index (κ2) is 14.6. The average Bonchev–Trinajstić information content (AvgIpc) is 3.26. The van der Waals surface area contributed by atoms with Crippen LogP contribution in [0.1, 0.15) is 46.6 Å². The first-order valence-electron chi connectivity index (χ1n) is 13.2. The quantitative estimate of drug-likeness (QED) is 0.151. The van der Waals surface area contributed by atoms with Crippen molar-refractivity contribution >= 4 is 40.3 Å². The van der Waals surface area contributed by atoms with Gasteiger partial charge < -0.3 is 30.6 Å². The fourth-order valence-electron chi connectivity index (χ4n) is 4.14. The maximum absolute atomic E-state index is 13.3. The van der Waals surface area contributed by atoms with Crippen LogP contribution < -0.4 is 20.6 Å². The predicted molar refractivity (Wildman–Crippen MR) is 164 cm³/mol. The minimum atomic E-state index is -1.08. The first-order chi connectivity index (χ1) is 19.6. The van der Waals surface area contributed by atoms with Gasteiger partial charge in [-0.05, 0) is 60.9 Å². The van der Waals surface area contributed by atoms with E-state index in [2.05, 4.69) is 63.7 Å². The van der Waals surface area contributed by atoms with Crippen LogP contribution in [0.15, 0.2) is 72.8 Å². The van der Waals surface area contributed by atoms with Crippen LogP contribution in [0.3, 0.4) is 0 Å². The number of carboxylic acid groups (broad SMARTS) is 2. The van der Waals surface area contributed by atoms with Gasteiger partial charge in [0.05, 0.1) is 21.1 Å². The van der Waals surface area contributed by atoms with E-state index >= 15 is 0 Å². The number of aryl methyl sites for hydroxylation is 1. The highest BCUT2D eigenvalue weighted by atomic mass is 16.4. The number of nitrogens with two attached hydrogens (primary N) is 1. The van der Waals surface area contributed by atoms with Gasteiger partial charge in [-0.15, -0.1) is 0 Å². The molecule has 0 aliphatic rings. The van der Waals surface area contributed by atoms with E-state index in [0.29, 0.717) is 24.3 Å². The molecule has 0 unspecified atom stereocenters. The number of fused-ring (bicyclic) bond motifs is 1. The number of amides is 1. The third kappa shape index (κ3) is 9.90. The summed E-state index contributed by atoms with van der Waals surface area (Å²) in [5.41, 5.74) is 12.3. The molecule has 3 aromatic carbocycles. The molecule has 0 aliphatic carbocycles. The summed E-state index contributed by atoms with van der Waals surface area (Å²) in [5.74, 6) is -2.00. The first-order valence-corrected chi connectivity index (χ1v) is 13.2. The molecule has 1 heterocycles. The Morgan fingerprint density at radius 2 is 1.52 bits per heavy atom. The molecule has 0 fully saturated rings. The monoisotopic (exact) mass is 573 g/mol. The largest absolute Gasteiger partial charge is 0.550 e. The minimum absolute atomic E-state index is 0.0318. The van der Waals surface area contributed by atoms with Crippen molar-refractivity contribution in [2.24, 2.45) is 5.73 Å². The lowest BCUT2D eigenvalue weighted by Crippen LogP contribution is -2.34. The molecular weight excluding hydrogens is 534 g/mol. The Balaban J connectivity index is 0.000000686. The average molecular weight is 574 g/mol. The van der Waals surface area contributed by atoms with Crippen LogP contribution in [0.4, 0.5) is 5.69 Å². The maximum Gasteiger partial charge on any atom is 0.300 e. The number of hydrogen-bond acceptors (Lipinski definition) is 5. The minimum Gasteiger partial charge on any atom is -0.550 e. The van der Waals surface area contributed by atoms with Crippen molar-refractivity contribution in [2.75, 3.05) is 21.1 Å². The van der Waals surface area contributed by atoms with E-state index in [-0.39, 0.29) is 11.7 Å². The van der Waals surface area contributed by atoms with Crippen LogP contribution in [-0.4, -0.2) is 54.5 Å². The fraction of sp³-hybridized carbons (Fsp3) is 0.250. The van der Waals surface area contributed by atoms with E-state index in [0.717, 1.165) is 45.9 Å². The number of nitrogens with zero attached hydrogens (tertiary/aromatic N) is 2. The summed E-state index contributed by atoms with van der Waals surface area (Å²) in [7, 11) is 6.39. The van der Waals surface area contributed by atoms with Crippen molar-refractivity contribution in [1.82, 2.24) is 14.4 Å². The SMILES string of the molecule is CC(=O)O.CC(=O)[O-].Cc1cccc2c1cc(C(=O)NCc1ccc([N+](C)(C)C)cc1)n2Cc1cccc(C(=N)N)c1. The Labute approximate surface area is 246 Å². The van der Waals surface area contributed by atoms with Gasteiger partial charge in [0.2, 0.25) is 0 Å². The number of hydrogen-bond donors (Lipinski definition) is 4. The number of benzene rings is 3. The lowest BCUT2D eigenvalue weighted by atomic mass is 10.1. The molecule has 222 valence electrons. The third-order valence-corrected chi connectivity index (χ3v) is 6.14. The molecule has 4 aromatic rings. The van der Waals surface area contributed by atoms with Gasteiger partial charge in [-0.3, -0.25) is 19.5 Å². The summed E-state index contributed by atoms with van der Waals surface area (Å²) in [6.07, 6.45) is 0. The van der Waals surface area contributed by atoms with Gasteiger partial charge in [-0.1, -0.05) is 42.5 Å².